The maximum Gasteiger partial charge on any atom is 0.246 e. The van der Waals surface area contributed by atoms with E-state index in [9.17, 15) is 10.1 Å². The highest BCUT2D eigenvalue weighted by Gasteiger charge is 2.32. The van der Waals surface area contributed by atoms with Crippen LogP contribution in [-0.2, 0) is 4.79 Å². The molecule has 0 saturated carbocycles. The van der Waals surface area contributed by atoms with Crippen LogP contribution in [0.4, 0.5) is 5.69 Å². The van der Waals surface area contributed by atoms with Crippen molar-refractivity contribution in [3.05, 3.63) is 65.9 Å². The number of piperazine rings is 1. The highest BCUT2D eigenvalue weighted by Crippen LogP contribution is 2.32. The van der Waals surface area contributed by atoms with Crippen LogP contribution in [0.15, 0.2) is 60.3 Å². The standard InChI is InChI=1S/C26H30N6O/c1-3-24(33)32-15-14-31(16-20(32)10-12-27)26(29)21-11-13-30(17-22(21)28)23-9-5-8-19-7-4-6-18(2)25(19)23/h3-9,20,29H,1,10-11,13-17,28H2,2H3/t20-/m0/s1. The Hall–Kier alpha value is -3.79. The normalized spacial score (nSPS) is 18.9. The minimum absolute atomic E-state index is 0.168. The number of amides is 1. The molecule has 7 heteroatoms. The van der Waals surface area contributed by atoms with Crippen LogP contribution in [0.3, 0.4) is 0 Å². The number of rotatable bonds is 4. The Bertz CT molecular complexity index is 1170. The average Bonchev–Trinajstić information content (AvgIpc) is 2.83. The molecule has 0 bridgehead atoms. The molecule has 0 radical (unpaired) electrons. The van der Waals surface area contributed by atoms with Crippen molar-refractivity contribution < 1.29 is 4.79 Å². The molecule has 4 rings (SSSR count). The van der Waals surface area contributed by atoms with Crippen LogP contribution in [-0.4, -0.2) is 60.3 Å². The number of hydrogen-bond donors (Lipinski definition) is 2. The number of nitrogens with one attached hydrogen (secondary N) is 1. The predicted octanol–water partition coefficient (Wildman–Crippen LogP) is 3.16. The first-order valence-corrected chi connectivity index (χ1v) is 11.3. The van der Waals surface area contributed by atoms with E-state index >= 15 is 0 Å². The molecule has 1 saturated heterocycles. The molecule has 1 atom stereocenters. The van der Waals surface area contributed by atoms with E-state index in [4.69, 9.17) is 11.1 Å². The van der Waals surface area contributed by atoms with Gasteiger partial charge in [-0.3, -0.25) is 10.2 Å². The fraction of sp³-hybridized carbons (Fsp3) is 0.346. The number of aryl methyl sites for hydroxylation is 1. The molecule has 1 fully saturated rings. The van der Waals surface area contributed by atoms with Crippen molar-refractivity contribution in [3.63, 3.8) is 0 Å². The van der Waals surface area contributed by atoms with Gasteiger partial charge in [0.2, 0.25) is 5.91 Å². The van der Waals surface area contributed by atoms with E-state index in [1.807, 2.05) is 4.90 Å². The summed E-state index contributed by atoms with van der Waals surface area (Å²) in [5, 5.41) is 20.5. The summed E-state index contributed by atoms with van der Waals surface area (Å²) in [4.78, 5) is 18.1. The van der Waals surface area contributed by atoms with Crippen molar-refractivity contribution in [2.24, 2.45) is 5.73 Å². The van der Waals surface area contributed by atoms with Crippen LogP contribution in [0.25, 0.3) is 10.8 Å². The third kappa shape index (κ3) is 4.29. The zero-order valence-corrected chi connectivity index (χ0v) is 19.1. The first-order chi connectivity index (χ1) is 15.9. The Morgan fingerprint density at radius 3 is 2.73 bits per heavy atom. The van der Waals surface area contributed by atoms with Gasteiger partial charge in [0.15, 0.2) is 0 Å². The molecule has 2 aliphatic heterocycles. The van der Waals surface area contributed by atoms with E-state index in [2.05, 4.69) is 60.9 Å². The lowest BCUT2D eigenvalue weighted by molar-refractivity contribution is -0.129. The molecule has 2 aromatic rings. The molecular formula is C26H30N6O. The van der Waals surface area contributed by atoms with Gasteiger partial charge in [-0.05, 0) is 36.4 Å². The maximum atomic E-state index is 12.2. The lowest BCUT2D eigenvalue weighted by Gasteiger charge is -2.42. The number of carbonyl (C=O) groups excluding carboxylic acids is 1. The maximum absolute atomic E-state index is 12.2. The lowest BCUT2D eigenvalue weighted by Crippen LogP contribution is -2.56. The molecule has 0 aromatic heterocycles. The molecule has 1 amide bonds. The van der Waals surface area contributed by atoms with E-state index in [1.165, 1.54) is 28.1 Å². The van der Waals surface area contributed by atoms with Gasteiger partial charge in [-0.2, -0.15) is 5.26 Å². The molecular weight excluding hydrogens is 412 g/mol. The third-order valence-electron chi connectivity index (χ3n) is 6.68. The highest BCUT2D eigenvalue weighted by atomic mass is 16.2. The number of anilines is 1. The molecule has 33 heavy (non-hydrogen) atoms. The first-order valence-electron chi connectivity index (χ1n) is 11.3. The molecule has 2 aliphatic rings. The molecule has 170 valence electrons. The number of nitrogens with two attached hydrogens (primary N) is 1. The molecule has 7 nitrogen and oxygen atoms in total. The molecule has 2 heterocycles. The van der Waals surface area contributed by atoms with Gasteiger partial charge in [0.05, 0.1) is 25.1 Å². The number of benzene rings is 2. The molecule has 0 spiro atoms. The van der Waals surface area contributed by atoms with Crippen molar-refractivity contribution in [1.29, 1.82) is 10.7 Å². The minimum atomic E-state index is -0.254. The second-order valence-corrected chi connectivity index (χ2v) is 8.67. The molecule has 0 aliphatic carbocycles. The van der Waals surface area contributed by atoms with E-state index in [-0.39, 0.29) is 18.4 Å². The van der Waals surface area contributed by atoms with Gasteiger partial charge in [-0.25, -0.2) is 0 Å². The number of fused-ring (bicyclic) bond motifs is 1. The lowest BCUT2D eigenvalue weighted by atomic mass is 9.98. The van der Waals surface area contributed by atoms with E-state index in [0.29, 0.717) is 44.1 Å². The fourth-order valence-electron chi connectivity index (χ4n) is 4.97. The summed E-state index contributed by atoms with van der Waals surface area (Å²) in [7, 11) is 0. The Kier molecular flexibility index (Phi) is 6.36. The van der Waals surface area contributed by atoms with E-state index in [0.717, 1.165) is 12.1 Å². The number of hydrogen-bond acceptors (Lipinski definition) is 5. The Balaban J connectivity index is 1.53. The summed E-state index contributed by atoms with van der Waals surface area (Å²) in [6.45, 7) is 8.51. The van der Waals surface area contributed by atoms with Crippen LogP contribution < -0.4 is 10.6 Å². The van der Waals surface area contributed by atoms with Crippen molar-refractivity contribution >= 4 is 28.2 Å². The second kappa shape index (κ2) is 9.37. The summed E-state index contributed by atoms with van der Waals surface area (Å²) in [6.07, 6.45) is 2.20. The topological polar surface area (TPSA) is 100 Å². The molecule has 0 unspecified atom stereocenters. The summed E-state index contributed by atoms with van der Waals surface area (Å²) in [5.41, 5.74) is 10.5. The van der Waals surface area contributed by atoms with Crippen LogP contribution in [0.5, 0.6) is 0 Å². The van der Waals surface area contributed by atoms with Gasteiger partial charge in [0, 0.05) is 48.5 Å². The van der Waals surface area contributed by atoms with E-state index in [1.54, 1.807) is 4.90 Å². The first kappa shape index (κ1) is 22.4. The van der Waals surface area contributed by atoms with E-state index < -0.39 is 0 Å². The van der Waals surface area contributed by atoms with Gasteiger partial charge in [0.25, 0.3) is 0 Å². The number of amidine groups is 1. The minimum Gasteiger partial charge on any atom is -0.400 e. The van der Waals surface area contributed by atoms with Gasteiger partial charge in [-0.1, -0.05) is 36.9 Å². The number of nitriles is 1. The quantitative estimate of drug-likeness (QED) is 0.430. The van der Waals surface area contributed by atoms with Gasteiger partial charge in [-0.15, -0.1) is 0 Å². The zero-order chi connectivity index (χ0) is 23.5. The summed E-state index contributed by atoms with van der Waals surface area (Å²) in [6, 6.07) is 14.6. The van der Waals surface area contributed by atoms with Crippen molar-refractivity contribution in [3.8, 4) is 6.07 Å². The number of nitrogens with zero attached hydrogens (tertiary/aromatic N) is 4. The third-order valence-corrected chi connectivity index (χ3v) is 6.68. The SMILES string of the molecule is C=CC(=O)N1CCN(C(=N)C2=C(N)CN(c3cccc4cccc(C)c34)CC2)C[C@@H]1CC#N. The molecule has 2 aromatic carbocycles. The summed E-state index contributed by atoms with van der Waals surface area (Å²) in [5.74, 6) is 0.244. The average molecular weight is 443 g/mol. The number of carbonyl (C=O) groups is 1. The summed E-state index contributed by atoms with van der Waals surface area (Å²) < 4.78 is 0. The zero-order valence-electron chi connectivity index (χ0n) is 19.1. The second-order valence-electron chi connectivity index (χ2n) is 8.67. The predicted molar refractivity (Wildman–Crippen MR) is 132 cm³/mol. The van der Waals surface area contributed by atoms with Crippen LogP contribution in [0.2, 0.25) is 0 Å². The van der Waals surface area contributed by atoms with Crippen molar-refractivity contribution in [2.75, 3.05) is 37.6 Å². The Morgan fingerprint density at radius 2 is 2.03 bits per heavy atom. The van der Waals surface area contributed by atoms with Gasteiger partial charge in [0.1, 0.15) is 5.84 Å². The smallest absolute Gasteiger partial charge is 0.246 e. The Morgan fingerprint density at radius 1 is 1.27 bits per heavy atom. The fourth-order valence-corrected chi connectivity index (χ4v) is 4.97. The van der Waals surface area contributed by atoms with Crippen LogP contribution in [0, 0.1) is 23.7 Å². The molecule has 3 N–H and O–H groups in total. The van der Waals surface area contributed by atoms with Crippen LogP contribution >= 0.6 is 0 Å². The highest BCUT2D eigenvalue weighted by molar-refractivity contribution is 5.99. The van der Waals surface area contributed by atoms with Crippen molar-refractivity contribution in [1.82, 2.24) is 9.80 Å². The van der Waals surface area contributed by atoms with Gasteiger partial charge >= 0.3 is 0 Å². The largest absolute Gasteiger partial charge is 0.400 e. The summed E-state index contributed by atoms with van der Waals surface area (Å²) >= 11 is 0. The van der Waals surface area contributed by atoms with Crippen LogP contribution in [0.1, 0.15) is 18.4 Å². The Labute approximate surface area is 194 Å². The van der Waals surface area contributed by atoms with Gasteiger partial charge < -0.3 is 20.4 Å². The van der Waals surface area contributed by atoms with Crippen molar-refractivity contribution in [2.45, 2.75) is 25.8 Å². The monoisotopic (exact) mass is 442 g/mol.